The largest absolute Gasteiger partial charge is 0.463 e. The average molecular weight is 173 g/mol. The quantitative estimate of drug-likeness (QED) is 0.694. The Labute approximate surface area is 68.7 Å². The maximum absolute atomic E-state index is 11.6. The van der Waals surface area contributed by atoms with E-state index < -0.39 is 13.7 Å². The molecule has 0 unspecified atom stereocenters. The Morgan fingerprint density at radius 2 is 1.58 bits per heavy atom. The fourth-order valence-electron chi connectivity index (χ4n) is 0.722. The van der Waals surface area contributed by atoms with Crippen molar-refractivity contribution in [2.24, 2.45) is 0 Å². The van der Waals surface area contributed by atoms with Crippen molar-refractivity contribution in [3.63, 3.8) is 0 Å². The van der Waals surface area contributed by atoms with Crippen LogP contribution in [-0.2, 0) is 0 Å². The molecule has 0 amide bonds. The molecule has 0 heterocycles. The SMILES string of the molecule is FCOc1c[c]cc(OCF)c1. The molecule has 65 valence electrons. The van der Waals surface area contributed by atoms with E-state index in [4.69, 9.17) is 0 Å². The summed E-state index contributed by atoms with van der Waals surface area (Å²) < 4.78 is 32.3. The van der Waals surface area contributed by atoms with Gasteiger partial charge in [0, 0.05) is 6.07 Å². The molecule has 1 radical (unpaired) electrons. The molecule has 1 rings (SSSR count). The lowest BCUT2D eigenvalue weighted by molar-refractivity contribution is 0.182. The number of ether oxygens (including phenoxy) is 2. The highest BCUT2D eigenvalue weighted by Crippen LogP contribution is 2.18. The minimum Gasteiger partial charge on any atom is -0.463 e. The average Bonchev–Trinajstić information content (AvgIpc) is 2.06. The molecule has 0 aromatic heterocycles. The third-order valence-electron chi connectivity index (χ3n) is 1.18. The molecule has 0 atom stereocenters. The van der Waals surface area contributed by atoms with Gasteiger partial charge in [0.1, 0.15) is 11.5 Å². The van der Waals surface area contributed by atoms with Crippen molar-refractivity contribution < 1.29 is 18.3 Å². The second-order valence-corrected chi connectivity index (χ2v) is 1.91. The Bertz CT molecular complexity index is 219. The maximum Gasteiger partial charge on any atom is 0.228 e. The highest BCUT2D eigenvalue weighted by molar-refractivity contribution is 5.31. The summed E-state index contributed by atoms with van der Waals surface area (Å²) in [5.41, 5.74) is 0. The van der Waals surface area contributed by atoms with Gasteiger partial charge in [-0.05, 0) is 18.2 Å². The van der Waals surface area contributed by atoms with Gasteiger partial charge in [-0.15, -0.1) is 0 Å². The summed E-state index contributed by atoms with van der Waals surface area (Å²) in [6.45, 7) is -1.85. The molecule has 0 saturated carbocycles. The van der Waals surface area contributed by atoms with Crippen LogP contribution in [0.2, 0.25) is 0 Å². The number of hydrogen-bond acceptors (Lipinski definition) is 2. The molecule has 2 nitrogen and oxygen atoms in total. The lowest BCUT2D eigenvalue weighted by Crippen LogP contribution is -1.92. The molecule has 0 saturated heterocycles. The number of benzene rings is 1. The molecule has 0 aliphatic heterocycles. The summed E-state index contributed by atoms with van der Waals surface area (Å²) in [6, 6.07) is 6.87. The van der Waals surface area contributed by atoms with Crippen LogP contribution in [-0.4, -0.2) is 13.7 Å². The van der Waals surface area contributed by atoms with E-state index in [0.717, 1.165) is 0 Å². The van der Waals surface area contributed by atoms with Crippen LogP contribution in [0.1, 0.15) is 0 Å². The van der Waals surface area contributed by atoms with E-state index in [1.54, 1.807) is 0 Å². The van der Waals surface area contributed by atoms with Crippen molar-refractivity contribution in [3.05, 3.63) is 24.3 Å². The van der Waals surface area contributed by atoms with E-state index in [0.29, 0.717) is 0 Å². The molecule has 1 aromatic rings. The van der Waals surface area contributed by atoms with Crippen molar-refractivity contribution in [2.75, 3.05) is 13.7 Å². The molecule has 1 aromatic carbocycles. The molecule has 0 aliphatic carbocycles. The number of alkyl halides is 2. The molecule has 12 heavy (non-hydrogen) atoms. The first-order valence-electron chi connectivity index (χ1n) is 3.25. The van der Waals surface area contributed by atoms with Crippen LogP contribution in [0.15, 0.2) is 18.2 Å². The van der Waals surface area contributed by atoms with Crippen LogP contribution >= 0.6 is 0 Å². The summed E-state index contributed by atoms with van der Waals surface area (Å²) in [5, 5.41) is 0. The predicted octanol–water partition coefficient (Wildman–Crippen LogP) is 2.10. The van der Waals surface area contributed by atoms with Gasteiger partial charge in [-0.25, -0.2) is 8.78 Å². The van der Waals surface area contributed by atoms with E-state index in [1.165, 1.54) is 18.2 Å². The zero-order valence-electron chi connectivity index (χ0n) is 6.22. The fraction of sp³-hybridized carbons (Fsp3) is 0.250. The first-order chi connectivity index (χ1) is 5.86. The summed E-state index contributed by atoms with van der Waals surface area (Å²) in [7, 11) is 0. The van der Waals surface area contributed by atoms with Crippen molar-refractivity contribution in [2.45, 2.75) is 0 Å². The van der Waals surface area contributed by atoms with Crippen LogP contribution in [0.4, 0.5) is 8.78 Å². The lowest BCUT2D eigenvalue weighted by Gasteiger charge is -2.03. The molecule has 0 N–H and O–H groups in total. The number of rotatable bonds is 4. The first kappa shape index (κ1) is 8.77. The topological polar surface area (TPSA) is 18.5 Å². The lowest BCUT2D eigenvalue weighted by atomic mass is 10.3. The van der Waals surface area contributed by atoms with Gasteiger partial charge in [0.15, 0.2) is 0 Å². The van der Waals surface area contributed by atoms with Gasteiger partial charge in [-0.2, -0.15) is 0 Å². The van der Waals surface area contributed by atoms with Gasteiger partial charge < -0.3 is 9.47 Å². The minimum atomic E-state index is -0.924. The van der Waals surface area contributed by atoms with Gasteiger partial charge in [0.05, 0.1) is 0 Å². The smallest absolute Gasteiger partial charge is 0.228 e. The van der Waals surface area contributed by atoms with E-state index >= 15 is 0 Å². The summed E-state index contributed by atoms with van der Waals surface area (Å²) in [4.78, 5) is 0. The van der Waals surface area contributed by atoms with E-state index in [-0.39, 0.29) is 11.5 Å². The molecule has 0 aliphatic rings. The summed E-state index contributed by atoms with van der Waals surface area (Å²) in [6.07, 6.45) is 0. The van der Waals surface area contributed by atoms with Crippen LogP contribution in [0.5, 0.6) is 11.5 Å². The monoisotopic (exact) mass is 173 g/mol. The molecule has 4 heteroatoms. The second-order valence-electron chi connectivity index (χ2n) is 1.91. The zero-order valence-corrected chi connectivity index (χ0v) is 6.22. The van der Waals surface area contributed by atoms with Crippen molar-refractivity contribution >= 4 is 0 Å². The summed E-state index contributed by atoms with van der Waals surface area (Å²) >= 11 is 0. The Morgan fingerprint density at radius 3 is 2.00 bits per heavy atom. The first-order valence-corrected chi connectivity index (χ1v) is 3.25. The van der Waals surface area contributed by atoms with Gasteiger partial charge in [-0.1, -0.05) is 0 Å². The van der Waals surface area contributed by atoms with Crippen molar-refractivity contribution in [3.8, 4) is 11.5 Å². The Balaban J connectivity index is 2.67. The zero-order chi connectivity index (χ0) is 8.81. The second kappa shape index (κ2) is 4.54. The Morgan fingerprint density at radius 1 is 1.08 bits per heavy atom. The van der Waals surface area contributed by atoms with Crippen LogP contribution in [0, 0.1) is 6.07 Å². The van der Waals surface area contributed by atoms with Gasteiger partial charge in [-0.3, -0.25) is 0 Å². The molecule has 0 spiro atoms. The van der Waals surface area contributed by atoms with Gasteiger partial charge >= 0.3 is 0 Å². The molecular weight excluding hydrogens is 166 g/mol. The summed E-state index contributed by atoms with van der Waals surface area (Å²) in [5.74, 6) is 0.534. The van der Waals surface area contributed by atoms with Gasteiger partial charge in [0.25, 0.3) is 0 Å². The maximum atomic E-state index is 11.6. The highest BCUT2D eigenvalue weighted by atomic mass is 19.1. The third kappa shape index (κ3) is 2.38. The van der Waals surface area contributed by atoms with E-state index in [9.17, 15) is 8.78 Å². The Kier molecular flexibility index (Phi) is 3.32. The molecule has 0 bridgehead atoms. The minimum absolute atomic E-state index is 0.267. The van der Waals surface area contributed by atoms with E-state index in [2.05, 4.69) is 15.5 Å². The fourth-order valence-corrected chi connectivity index (χ4v) is 0.722. The highest BCUT2D eigenvalue weighted by Gasteiger charge is 1.96. The molecule has 0 fully saturated rings. The number of hydrogen-bond donors (Lipinski definition) is 0. The third-order valence-corrected chi connectivity index (χ3v) is 1.18. The van der Waals surface area contributed by atoms with Gasteiger partial charge in [0.2, 0.25) is 13.7 Å². The molecular formula is C8H7F2O2. The van der Waals surface area contributed by atoms with Crippen LogP contribution in [0.3, 0.4) is 0 Å². The van der Waals surface area contributed by atoms with Crippen LogP contribution in [0.25, 0.3) is 0 Å². The Hall–Kier alpha value is -1.32. The van der Waals surface area contributed by atoms with Crippen molar-refractivity contribution in [1.29, 1.82) is 0 Å². The van der Waals surface area contributed by atoms with Crippen LogP contribution < -0.4 is 9.47 Å². The number of halogens is 2. The van der Waals surface area contributed by atoms with Crippen molar-refractivity contribution in [1.82, 2.24) is 0 Å². The normalized spacial score (nSPS) is 9.50. The van der Waals surface area contributed by atoms with E-state index in [1.807, 2.05) is 0 Å². The predicted molar refractivity (Wildman–Crippen MR) is 38.5 cm³/mol. The standard InChI is InChI=1S/C8H7F2O2/c9-5-11-7-2-1-3-8(4-7)12-6-10/h2-4H,5-6H2.